The predicted octanol–water partition coefficient (Wildman–Crippen LogP) is 0.821. The molecule has 0 aliphatic rings. The molecule has 0 aliphatic heterocycles. The Bertz CT molecular complexity index is 142. The summed E-state index contributed by atoms with van der Waals surface area (Å²) in [5, 5.41) is 1.83. The zero-order valence-electron chi connectivity index (χ0n) is 8.76. The standard InChI is InChI=1S/C8H19F2N2O/c1-11(5-6-13-4)12(2,3)7-8(9)10/h8H,5-7H2,1-4H3/q+1. The van der Waals surface area contributed by atoms with Crippen LogP contribution in [0.4, 0.5) is 8.78 Å². The summed E-state index contributed by atoms with van der Waals surface area (Å²) >= 11 is 0. The van der Waals surface area contributed by atoms with Crippen LogP contribution in [0.25, 0.3) is 0 Å². The maximum atomic E-state index is 12.1. The Labute approximate surface area is 78.4 Å². The molecule has 0 saturated heterocycles. The zero-order valence-corrected chi connectivity index (χ0v) is 8.76. The third kappa shape index (κ3) is 5.13. The van der Waals surface area contributed by atoms with Crippen LogP contribution in [-0.2, 0) is 4.74 Å². The summed E-state index contributed by atoms with van der Waals surface area (Å²) in [6.45, 7) is 1.04. The first kappa shape index (κ1) is 12.7. The second-order valence-corrected chi connectivity index (χ2v) is 3.57. The van der Waals surface area contributed by atoms with Crippen LogP contribution in [0, 0.1) is 0 Å². The lowest BCUT2D eigenvalue weighted by Gasteiger charge is -2.36. The third-order valence-corrected chi connectivity index (χ3v) is 2.13. The number of likely N-dealkylation sites (N-methyl/N-ethyl adjacent to an activating group) is 1. The summed E-state index contributed by atoms with van der Waals surface area (Å²) < 4.78 is 29.3. The molecule has 0 aromatic carbocycles. The highest BCUT2D eigenvalue weighted by molar-refractivity contribution is 4.39. The van der Waals surface area contributed by atoms with E-state index in [-0.39, 0.29) is 11.1 Å². The van der Waals surface area contributed by atoms with Gasteiger partial charge in [-0.2, -0.15) is 5.01 Å². The normalized spacial score (nSPS) is 12.9. The summed E-state index contributed by atoms with van der Waals surface area (Å²) in [5.74, 6) is 0. The first-order valence-electron chi connectivity index (χ1n) is 4.22. The fourth-order valence-corrected chi connectivity index (χ4v) is 0.971. The van der Waals surface area contributed by atoms with Crippen LogP contribution in [0.2, 0.25) is 0 Å². The van der Waals surface area contributed by atoms with Crippen molar-refractivity contribution in [3.8, 4) is 0 Å². The summed E-state index contributed by atoms with van der Waals surface area (Å²) in [5.41, 5.74) is 0. The van der Waals surface area contributed by atoms with E-state index in [9.17, 15) is 8.78 Å². The van der Waals surface area contributed by atoms with Gasteiger partial charge < -0.3 is 4.74 Å². The van der Waals surface area contributed by atoms with Gasteiger partial charge in [0.1, 0.15) is 0 Å². The van der Waals surface area contributed by atoms with E-state index in [1.165, 1.54) is 0 Å². The van der Waals surface area contributed by atoms with E-state index in [0.717, 1.165) is 0 Å². The predicted molar refractivity (Wildman–Crippen MR) is 47.5 cm³/mol. The molecule has 0 heterocycles. The Hall–Kier alpha value is -0.260. The number of ether oxygens (including phenoxy) is 1. The van der Waals surface area contributed by atoms with E-state index in [2.05, 4.69) is 0 Å². The highest BCUT2D eigenvalue weighted by atomic mass is 19.3. The van der Waals surface area contributed by atoms with Gasteiger partial charge in [0.25, 0.3) is 6.43 Å². The number of nitrogens with zero attached hydrogens (tertiary/aromatic N) is 2. The van der Waals surface area contributed by atoms with Crippen molar-refractivity contribution in [2.24, 2.45) is 0 Å². The van der Waals surface area contributed by atoms with Crippen LogP contribution in [0.15, 0.2) is 0 Å². The van der Waals surface area contributed by atoms with Gasteiger partial charge in [-0.1, -0.05) is 0 Å². The number of halogens is 2. The van der Waals surface area contributed by atoms with Crippen molar-refractivity contribution in [1.29, 1.82) is 0 Å². The molecule has 0 amide bonds. The second kappa shape index (κ2) is 5.47. The van der Waals surface area contributed by atoms with Crippen molar-refractivity contribution in [2.75, 3.05) is 47.9 Å². The molecular weight excluding hydrogens is 178 g/mol. The molecule has 0 radical (unpaired) electrons. The van der Waals surface area contributed by atoms with Crippen LogP contribution < -0.4 is 0 Å². The largest absolute Gasteiger partial charge is 0.383 e. The van der Waals surface area contributed by atoms with Crippen molar-refractivity contribution in [2.45, 2.75) is 6.43 Å². The Morgan fingerprint density at radius 1 is 1.38 bits per heavy atom. The van der Waals surface area contributed by atoms with E-state index in [0.29, 0.717) is 13.2 Å². The van der Waals surface area contributed by atoms with E-state index in [4.69, 9.17) is 4.74 Å². The molecule has 0 unspecified atom stereocenters. The van der Waals surface area contributed by atoms with Gasteiger partial charge in [0, 0.05) is 14.2 Å². The molecule has 80 valence electrons. The smallest absolute Gasteiger partial charge is 0.288 e. The molecule has 0 spiro atoms. The quantitative estimate of drug-likeness (QED) is 0.462. The first-order chi connectivity index (χ1) is 5.90. The third-order valence-electron chi connectivity index (χ3n) is 2.13. The fraction of sp³-hybridized carbons (Fsp3) is 1.00. The average Bonchev–Trinajstić information content (AvgIpc) is 1.97. The molecule has 0 aromatic rings. The van der Waals surface area contributed by atoms with E-state index < -0.39 is 6.43 Å². The van der Waals surface area contributed by atoms with Gasteiger partial charge in [0.15, 0.2) is 6.54 Å². The maximum Gasteiger partial charge on any atom is 0.288 e. The number of quaternary nitrogens is 1. The van der Waals surface area contributed by atoms with Crippen LogP contribution >= 0.6 is 0 Å². The minimum atomic E-state index is -2.28. The van der Waals surface area contributed by atoms with Gasteiger partial charge in [0.05, 0.1) is 27.2 Å². The van der Waals surface area contributed by atoms with E-state index >= 15 is 0 Å². The van der Waals surface area contributed by atoms with Crippen LogP contribution in [0.3, 0.4) is 0 Å². The monoisotopic (exact) mass is 197 g/mol. The molecule has 0 saturated carbocycles. The molecule has 3 nitrogen and oxygen atoms in total. The SMILES string of the molecule is COCCN(C)[N+](C)(C)CC(F)F. The lowest BCUT2D eigenvalue weighted by atomic mass is 10.5. The molecule has 0 bridgehead atoms. The summed E-state index contributed by atoms with van der Waals surface area (Å²) in [7, 11) is 6.91. The summed E-state index contributed by atoms with van der Waals surface area (Å²) in [4.78, 5) is 0. The Morgan fingerprint density at radius 3 is 2.31 bits per heavy atom. The molecule has 5 heteroatoms. The minimum absolute atomic E-state index is 0.166. The van der Waals surface area contributed by atoms with Crippen molar-refractivity contribution in [3.63, 3.8) is 0 Å². The van der Waals surface area contributed by atoms with Crippen molar-refractivity contribution < 1.29 is 18.1 Å². The molecule has 0 atom stereocenters. The molecule has 0 aromatic heterocycles. The van der Waals surface area contributed by atoms with Gasteiger partial charge in [-0.15, -0.1) is 0 Å². The summed E-state index contributed by atoms with van der Waals surface area (Å²) in [6.07, 6.45) is -2.28. The number of hydrogen-bond donors (Lipinski definition) is 0. The molecule has 0 aliphatic carbocycles. The maximum absolute atomic E-state index is 12.1. The Kier molecular flexibility index (Phi) is 5.36. The number of rotatable bonds is 6. The fourth-order valence-electron chi connectivity index (χ4n) is 0.971. The average molecular weight is 197 g/mol. The lowest BCUT2D eigenvalue weighted by molar-refractivity contribution is -1.00. The second-order valence-electron chi connectivity index (χ2n) is 3.57. The summed E-state index contributed by atoms with van der Waals surface area (Å²) in [6, 6.07) is 0. The lowest BCUT2D eigenvalue weighted by Crippen LogP contribution is -2.55. The van der Waals surface area contributed by atoms with Gasteiger partial charge >= 0.3 is 0 Å². The van der Waals surface area contributed by atoms with Crippen LogP contribution in [0.5, 0.6) is 0 Å². The number of hydrogen-bond acceptors (Lipinski definition) is 2. The Morgan fingerprint density at radius 2 is 1.92 bits per heavy atom. The molecule has 0 N–H and O–H groups in total. The van der Waals surface area contributed by atoms with E-state index in [1.807, 2.05) is 5.01 Å². The molecule has 0 rings (SSSR count). The van der Waals surface area contributed by atoms with Crippen molar-refractivity contribution in [3.05, 3.63) is 0 Å². The highest BCUT2D eigenvalue weighted by Gasteiger charge is 2.26. The number of alkyl halides is 2. The van der Waals surface area contributed by atoms with Gasteiger partial charge in [-0.3, -0.25) is 0 Å². The minimum Gasteiger partial charge on any atom is -0.383 e. The van der Waals surface area contributed by atoms with E-state index in [1.54, 1.807) is 28.3 Å². The van der Waals surface area contributed by atoms with Gasteiger partial charge in [-0.05, 0) is 0 Å². The highest BCUT2D eigenvalue weighted by Crippen LogP contribution is 2.07. The topological polar surface area (TPSA) is 12.5 Å². The van der Waals surface area contributed by atoms with Gasteiger partial charge in [-0.25, -0.2) is 13.4 Å². The molecule has 13 heavy (non-hydrogen) atoms. The van der Waals surface area contributed by atoms with Gasteiger partial charge in [0.2, 0.25) is 0 Å². The zero-order chi connectivity index (χ0) is 10.5. The number of methoxy groups -OCH3 is 1. The Balaban J connectivity index is 3.94. The van der Waals surface area contributed by atoms with Crippen LogP contribution in [0.1, 0.15) is 0 Å². The van der Waals surface area contributed by atoms with Crippen molar-refractivity contribution >= 4 is 0 Å². The van der Waals surface area contributed by atoms with Crippen molar-refractivity contribution in [1.82, 2.24) is 5.01 Å². The van der Waals surface area contributed by atoms with Crippen LogP contribution in [-0.4, -0.2) is 64.0 Å². The first-order valence-corrected chi connectivity index (χ1v) is 4.22. The molecular formula is C8H19F2N2O+. The molecule has 0 fully saturated rings.